The van der Waals surface area contributed by atoms with E-state index < -0.39 is 16.1 Å². The van der Waals surface area contributed by atoms with Gasteiger partial charge in [-0.15, -0.1) is 0 Å². The van der Waals surface area contributed by atoms with Crippen molar-refractivity contribution < 1.29 is 27.0 Å². The van der Waals surface area contributed by atoms with Gasteiger partial charge in [0.15, 0.2) is 0 Å². The van der Waals surface area contributed by atoms with E-state index in [2.05, 4.69) is 15.6 Å². The number of benzene rings is 2. The summed E-state index contributed by atoms with van der Waals surface area (Å²) in [7, 11) is -4.02. The van der Waals surface area contributed by atoms with Crippen molar-refractivity contribution >= 4 is 33.4 Å². The minimum atomic E-state index is -4.02. The number of anilines is 2. The Morgan fingerprint density at radius 1 is 0.880 bits per heavy atom. The normalized spacial score (nSPS) is 10.6. The standard InChI is InChI=1S/C16H16N2O6S/c1-11(19)17-13-3-7-15(8-4-13)24-25(21,22)16-9-5-14(6-10-16)18-23-12(2)20/h3-10,18H,1-2H3,(H,17,19). The molecule has 0 radical (unpaired) electrons. The predicted molar refractivity (Wildman–Crippen MR) is 90.4 cm³/mol. The highest BCUT2D eigenvalue weighted by molar-refractivity contribution is 7.87. The van der Waals surface area contributed by atoms with Crippen LogP contribution >= 0.6 is 0 Å². The number of amides is 1. The van der Waals surface area contributed by atoms with Gasteiger partial charge < -0.3 is 14.3 Å². The Balaban J connectivity index is 2.08. The third kappa shape index (κ3) is 5.50. The van der Waals surface area contributed by atoms with Crippen LogP contribution in [0.25, 0.3) is 0 Å². The fraction of sp³-hybridized carbons (Fsp3) is 0.125. The monoisotopic (exact) mass is 364 g/mol. The minimum absolute atomic E-state index is 0.0631. The van der Waals surface area contributed by atoms with Gasteiger partial charge in [0, 0.05) is 19.5 Å². The van der Waals surface area contributed by atoms with E-state index in [-0.39, 0.29) is 16.6 Å². The number of rotatable bonds is 6. The van der Waals surface area contributed by atoms with E-state index in [0.29, 0.717) is 11.4 Å². The van der Waals surface area contributed by atoms with Crippen molar-refractivity contribution in [1.82, 2.24) is 0 Å². The van der Waals surface area contributed by atoms with Crippen molar-refractivity contribution in [2.75, 3.05) is 10.8 Å². The van der Waals surface area contributed by atoms with Crippen LogP contribution in [0.3, 0.4) is 0 Å². The van der Waals surface area contributed by atoms with Gasteiger partial charge in [0.2, 0.25) is 5.91 Å². The molecule has 25 heavy (non-hydrogen) atoms. The molecule has 0 aliphatic rings. The lowest BCUT2D eigenvalue weighted by Crippen LogP contribution is -2.11. The summed E-state index contributed by atoms with van der Waals surface area (Å²) in [5.41, 5.74) is 3.31. The van der Waals surface area contributed by atoms with Crippen LogP contribution < -0.4 is 15.0 Å². The largest absolute Gasteiger partial charge is 0.379 e. The maximum atomic E-state index is 12.2. The zero-order valence-corrected chi connectivity index (χ0v) is 14.3. The molecule has 2 N–H and O–H groups in total. The molecule has 8 nitrogen and oxygen atoms in total. The van der Waals surface area contributed by atoms with Crippen molar-refractivity contribution in [2.45, 2.75) is 18.7 Å². The Labute approximate surface area is 144 Å². The van der Waals surface area contributed by atoms with Gasteiger partial charge in [0.25, 0.3) is 0 Å². The van der Waals surface area contributed by atoms with Crippen molar-refractivity contribution in [2.24, 2.45) is 0 Å². The van der Waals surface area contributed by atoms with E-state index in [1.54, 1.807) is 0 Å². The highest BCUT2D eigenvalue weighted by Gasteiger charge is 2.16. The lowest BCUT2D eigenvalue weighted by atomic mass is 10.3. The average Bonchev–Trinajstić information content (AvgIpc) is 2.54. The first kappa shape index (κ1) is 18.3. The lowest BCUT2D eigenvalue weighted by molar-refractivity contribution is -0.138. The molecule has 2 rings (SSSR count). The van der Waals surface area contributed by atoms with Gasteiger partial charge in [-0.25, -0.2) is 5.48 Å². The number of carbonyl (C=O) groups excluding carboxylic acids is 2. The second kappa shape index (κ2) is 7.67. The van der Waals surface area contributed by atoms with Crippen molar-refractivity contribution in [3.8, 4) is 5.75 Å². The Kier molecular flexibility index (Phi) is 5.60. The highest BCUT2D eigenvalue weighted by Crippen LogP contribution is 2.22. The first-order chi connectivity index (χ1) is 11.8. The van der Waals surface area contributed by atoms with Gasteiger partial charge in [0.05, 0.1) is 5.69 Å². The van der Waals surface area contributed by atoms with Crippen LogP contribution in [0.2, 0.25) is 0 Å². The molecule has 2 aromatic rings. The summed E-state index contributed by atoms with van der Waals surface area (Å²) in [6.07, 6.45) is 0. The van der Waals surface area contributed by atoms with E-state index in [4.69, 9.17) is 4.18 Å². The van der Waals surface area contributed by atoms with Crippen LogP contribution in [0.1, 0.15) is 13.8 Å². The summed E-state index contributed by atoms with van der Waals surface area (Å²) in [6.45, 7) is 2.60. The quantitative estimate of drug-likeness (QED) is 0.597. The molecule has 1 amide bonds. The van der Waals surface area contributed by atoms with Crippen LogP contribution in [0, 0.1) is 0 Å². The zero-order chi connectivity index (χ0) is 18.4. The molecule has 0 aliphatic carbocycles. The molecule has 132 valence electrons. The molecule has 0 unspecified atom stereocenters. The third-order valence-electron chi connectivity index (χ3n) is 2.84. The van der Waals surface area contributed by atoms with E-state index in [9.17, 15) is 18.0 Å². The summed E-state index contributed by atoms with van der Waals surface area (Å²) >= 11 is 0. The summed E-state index contributed by atoms with van der Waals surface area (Å²) in [4.78, 5) is 26.2. The maximum absolute atomic E-state index is 12.2. The highest BCUT2D eigenvalue weighted by atomic mass is 32.2. The van der Waals surface area contributed by atoms with Gasteiger partial charge >= 0.3 is 16.1 Å². The molecule has 0 aromatic heterocycles. The summed E-state index contributed by atoms with van der Waals surface area (Å²) in [5, 5.41) is 2.57. The smallest absolute Gasteiger partial charge is 0.339 e. The summed E-state index contributed by atoms with van der Waals surface area (Å²) in [6, 6.07) is 11.4. The topological polar surface area (TPSA) is 111 Å². The summed E-state index contributed by atoms with van der Waals surface area (Å²) in [5.74, 6) is -0.650. The Morgan fingerprint density at radius 3 is 1.96 bits per heavy atom. The average molecular weight is 364 g/mol. The van der Waals surface area contributed by atoms with Gasteiger partial charge in [-0.3, -0.25) is 9.59 Å². The molecule has 0 heterocycles. The Bertz CT molecular complexity index is 861. The first-order valence-electron chi connectivity index (χ1n) is 7.12. The van der Waals surface area contributed by atoms with Gasteiger partial charge in [0.1, 0.15) is 10.6 Å². The molecule has 0 saturated carbocycles. The van der Waals surface area contributed by atoms with Crippen LogP contribution in [-0.2, 0) is 24.5 Å². The first-order valence-corrected chi connectivity index (χ1v) is 8.53. The van der Waals surface area contributed by atoms with Gasteiger partial charge in [-0.05, 0) is 48.5 Å². The van der Waals surface area contributed by atoms with Crippen LogP contribution in [0.15, 0.2) is 53.4 Å². The van der Waals surface area contributed by atoms with E-state index in [1.807, 2.05) is 0 Å². The number of hydrogen-bond acceptors (Lipinski definition) is 7. The minimum Gasteiger partial charge on any atom is -0.379 e. The molecule has 0 spiro atoms. The fourth-order valence-electron chi connectivity index (χ4n) is 1.79. The fourth-order valence-corrected chi connectivity index (χ4v) is 2.72. The third-order valence-corrected chi connectivity index (χ3v) is 4.10. The predicted octanol–water partition coefficient (Wildman–Crippen LogP) is 2.30. The Morgan fingerprint density at radius 2 is 1.44 bits per heavy atom. The molecule has 0 aliphatic heterocycles. The van der Waals surface area contributed by atoms with E-state index in [1.165, 1.54) is 62.4 Å². The van der Waals surface area contributed by atoms with Gasteiger partial charge in [-0.1, -0.05) is 0 Å². The molecule has 0 saturated heterocycles. The molecule has 0 bridgehead atoms. The van der Waals surface area contributed by atoms with E-state index in [0.717, 1.165) is 0 Å². The van der Waals surface area contributed by atoms with Crippen LogP contribution in [-0.4, -0.2) is 20.3 Å². The second-order valence-corrected chi connectivity index (χ2v) is 6.51. The van der Waals surface area contributed by atoms with Crippen LogP contribution in [0.5, 0.6) is 5.75 Å². The van der Waals surface area contributed by atoms with Crippen molar-refractivity contribution in [3.63, 3.8) is 0 Å². The van der Waals surface area contributed by atoms with Crippen molar-refractivity contribution in [1.29, 1.82) is 0 Å². The molecule has 2 aromatic carbocycles. The maximum Gasteiger partial charge on any atom is 0.339 e. The molecular weight excluding hydrogens is 348 g/mol. The zero-order valence-electron chi connectivity index (χ0n) is 13.5. The summed E-state index contributed by atoms with van der Waals surface area (Å²) < 4.78 is 29.5. The van der Waals surface area contributed by atoms with E-state index >= 15 is 0 Å². The number of hydrogen-bond donors (Lipinski definition) is 2. The Hall–Kier alpha value is -3.07. The molecular formula is C16H16N2O6S. The number of carbonyl (C=O) groups is 2. The number of nitrogens with one attached hydrogen (secondary N) is 2. The van der Waals surface area contributed by atoms with Crippen molar-refractivity contribution in [3.05, 3.63) is 48.5 Å². The lowest BCUT2D eigenvalue weighted by Gasteiger charge is -2.09. The van der Waals surface area contributed by atoms with Gasteiger partial charge in [-0.2, -0.15) is 8.42 Å². The van der Waals surface area contributed by atoms with Crippen LogP contribution in [0.4, 0.5) is 11.4 Å². The molecule has 0 atom stereocenters. The second-order valence-electron chi connectivity index (χ2n) is 4.96. The molecule has 9 heteroatoms. The molecule has 0 fully saturated rings. The SMILES string of the molecule is CC(=O)Nc1ccc(OS(=O)(=O)c2ccc(NOC(C)=O)cc2)cc1.